The molecule has 0 unspecified atom stereocenters. The lowest BCUT2D eigenvalue weighted by Gasteiger charge is -2.13. The third kappa shape index (κ3) is 6.84. The molecular weight excluding hydrogens is 853 g/mol. The van der Waals surface area contributed by atoms with Gasteiger partial charge in [0.15, 0.2) is 0 Å². The van der Waals surface area contributed by atoms with Crippen molar-refractivity contribution in [2.45, 2.75) is 6.92 Å². The molecule has 0 saturated carbocycles. The van der Waals surface area contributed by atoms with Crippen LogP contribution in [0.2, 0.25) is 0 Å². The van der Waals surface area contributed by atoms with Crippen molar-refractivity contribution < 1.29 is 0 Å². The van der Waals surface area contributed by atoms with Crippen molar-refractivity contribution in [3.63, 3.8) is 0 Å². The lowest BCUT2D eigenvalue weighted by Crippen LogP contribution is -2.27. The zero-order chi connectivity index (χ0) is 46.7. The third-order valence-electron chi connectivity index (χ3n) is 13.7. The Morgan fingerprint density at radius 2 is 1.01 bits per heavy atom. The van der Waals surface area contributed by atoms with E-state index in [4.69, 9.17) is 15.0 Å². The molecule has 330 valence electrons. The number of allylic oxidation sites excluding steroid dienone is 2. The van der Waals surface area contributed by atoms with Crippen molar-refractivity contribution in [3.05, 3.63) is 241 Å². The van der Waals surface area contributed by atoms with E-state index in [1.807, 2.05) is 42.9 Å². The first kappa shape index (κ1) is 40.8. The van der Waals surface area contributed by atoms with E-state index in [0.717, 1.165) is 106 Å². The predicted molar refractivity (Wildman–Crippen MR) is 291 cm³/mol. The van der Waals surface area contributed by atoms with E-state index in [1.54, 1.807) is 0 Å². The molecule has 6 nitrogen and oxygen atoms in total. The number of hydrogen-bond donors (Lipinski definition) is 0. The highest BCUT2D eigenvalue weighted by Gasteiger charge is 2.18. The second-order valence-corrected chi connectivity index (χ2v) is 17.8. The fourth-order valence-electron chi connectivity index (χ4n) is 10.4. The molecule has 0 radical (unpaired) electrons. The van der Waals surface area contributed by atoms with E-state index in [9.17, 15) is 0 Å². The minimum atomic E-state index is 0.896. The topological polar surface area (TPSA) is 53.5 Å². The maximum absolute atomic E-state index is 5.18. The van der Waals surface area contributed by atoms with E-state index in [-0.39, 0.29) is 0 Å². The van der Waals surface area contributed by atoms with Gasteiger partial charge < -0.3 is 13.7 Å². The number of hydrogen-bond acceptors (Lipinski definition) is 3. The van der Waals surface area contributed by atoms with E-state index in [0.29, 0.717) is 0 Å². The van der Waals surface area contributed by atoms with Crippen LogP contribution in [0.25, 0.3) is 129 Å². The molecule has 0 N–H and O–H groups in total. The lowest BCUT2D eigenvalue weighted by molar-refractivity contribution is 1.07. The van der Waals surface area contributed by atoms with Crippen LogP contribution in [0.3, 0.4) is 0 Å². The Morgan fingerprint density at radius 1 is 0.443 bits per heavy atom. The first-order chi connectivity index (χ1) is 34.6. The molecule has 13 rings (SSSR count). The number of aromatic nitrogens is 6. The molecule has 70 heavy (non-hydrogen) atoms. The van der Waals surface area contributed by atoms with Crippen LogP contribution >= 0.6 is 0 Å². The van der Waals surface area contributed by atoms with Gasteiger partial charge in [0, 0.05) is 79.0 Å². The van der Waals surface area contributed by atoms with Gasteiger partial charge in [0.1, 0.15) is 0 Å². The molecule has 0 aliphatic carbocycles. The van der Waals surface area contributed by atoms with E-state index in [1.165, 1.54) is 21.5 Å². The molecule has 0 saturated heterocycles. The average molecular weight is 897 g/mol. The van der Waals surface area contributed by atoms with Gasteiger partial charge in [-0.05, 0) is 103 Å². The molecule has 6 heterocycles. The smallest absolute Gasteiger partial charge is 0.0957 e. The zero-order valence-electron chi connectivity index (χ0n) is 38.4. The van der Waals surface area contributed by atoms with Crippen molar-refractivity contribution in [1.29, 1.82) is 0 Å². The molecule has 0 fully saturated rings. The Balaban J connectivity index is 0.916. The van der Waals surface area contributed by atoms with E-state index in [2.05, 4.69) is 221 Å². The Labute approximate surface area is 404 Å². The summed E-state index contributed by atoms with van der Waals surface area (Å²) in [5, 5.41) is 6.66. The van der Waals surface area contributed by atoms with Crippen LogP contribution in [0.5, 0.6) is 0 Å². The minimum Gasteiger partial charge on any atom is -0.313 e. The molecule has 6 heteroatoms. The summed E-state index contributed by atoms with van der Waals surface area (Å²) in [6, 6.07) is 73.0. The van der Waals surface area contributed by atoms with Gasteiger partial charge in [0.2, 0.25) is 0 Å². The summed E-state index contributed by atoms with van der Waals surface area (Å²) < 4.78 is 7.00. The Kier molecular flexibility index (Phi) is 9.77. The van der Waals surface area contributed by atoms with Crippen molar-refractivity contribution in [3.8, 4) is 56.1 Å². The average Bonchev–Trinajstić information content (AvgIpc) is 4.05. The SMILES string of the molecule is C=c1/c(=C\C=C(/C)n2c3ccccc3c3ccc(-c4cncc(-c5ccc6c(c5)c5ccccc5n6-c5cc(-c6ccccc6)nc(-c6ccccc6)c5)c4)cc32)n(-c2ccccc2)c2cccnc12. The quantitative estimate of drug-likeness (QED) is 0.153. The number of nitrogens with zero attached hydrogens (tertiary/aromatic N) is 6. The summed E-state index contributed by atoms with van der Waals surface area (Å²) in [7, 11) is 0. The Bertz CT molecular complexity index is 4250. The lowest BCUT2D eigenvalue weighted by atomic mass is 9.99. The highest BCUT2D eigenvalue weighted by Crippen LogP contribution is 2.39. The van der Waals surface area contributed by atoms with Gasteiger partial charge in [-0.1, -0.05) is 140 Å². The molecule has 13 aromatic rings. The van der Waals surface area contributed by atoms with Crippen LogP contribution in [0, 0.1) is 0 Å². The molecule has 0 aliphatic rings. The molecule has 6 aromatic heterocycles. The Morgan fingerprint density at radius 3 is 1.73 bits per heavy atom. The van der Waals surface area contributed by atoms with Crippen molar-refractivity contribution >= 4 is 73.0 Å². The number of rotatable bonds is 8. The van der Waals surface area contributed by atoms with Gasteiger partial charge in [-0.2, -0.15) is 0 Å². The fraction of sp³-hybridized carbons (Fsp3) is 0.0156. The van der Waals surface area contributed by atoms with Gasteiger partial charge in [0.25, 0.3) is 0 Å². The Hall–Kier alpha value is -9.39. The third-order valence-corrected chi connectivity index (χ3v) is 13.7. The molecule has 0 spiro atoms. The first-order valence-corrected chi connectivity index (χ1v) is 23.6. The largest absolute Gasteiger partial charge is 0.313 e. The standard InChI is InChI=1S/C64H44N6/c1-42(28-32-58-43(2)64-62(27-16-34-66-64)69(58)50-21-10-5-11-22-50)68-59-25-14-12-23-52(59)54-31-29-47(37-63(54)68)49-35-48(40-65-41-49)46-30-33-61-55(36-46)53-24-13-15-26-60(53)70(61)51-38-56(44-17-6-3-7-18-44)67-57(39-51)45-19-8-4-9-20-45/h3-41H,2H2,1H3/b42-28+,58-32+. The van der Waals surface area contributed by atoms with Gasteiger partial charge in [0.05, 0.1) is 55.5 Å². The molecule has 0 aliphatic heterocycles. The number of fused-ring (bicyclic) bond motifs is 7. The zero-order valence-corrected chi connectivity index (χ0v) is 38.4. The van der Waals surface area contributed by atoms with Crippen molar-refractivity contribution in [1.82, 2.24) is 28.7 Å². The number of benzene rings is 7. The van der Waals surface area contributed by atoms with Crippen LogP contribution in [-0.4, -0.2) is 28.7 Å². The maximum atomic E-state index is 5.18. The van der Waals surface area contributed by atoms with E-state index < -0.39 is 0 Å². The summed E-state index contributed by atoms with van der Waals surface area (Å²) >= 11 is 0. The summed E-state index contributed by atoms with van der Waals surface area (Å²) in [6.45, 7) is 6.70. The molecule has 0 bridgehead atoms. The van der Waals surface area contributed by atoms with Crippen LogP contribution in [-0.2, 0) is 0 Å². The fourth-order valence-corrected chi connectivity index (χ4v) is 10.4. The summed E-state index contributed by atoms with van der Waals surface area (Å²) in [5.74, 6) is 0. The summed E-state index contributed by atoms with van der Waals surface area (Å²) in [4.78, 5) is 14.8. The normalized spacial score (nSPS) is 12.3. The van der Waals surface area contributed by atoms with Crippen molar-refractivity contribution in [2.75, 3.05) is 0 Å². The molecular formula is C64H44N6. The molecule has 0 atom stereocenters. The van der Waals surface area contributed by atoms with Crippen LogP contribution in [0.4, 0.5) is 0 Å². The monoisotopic (exact) mass is 896 g/mol. The van der Waals surface area contributed by atoms with E-state index >= 15 is 0 Å². The van der Waals surface area contributed by atoms with Crippen LogP contribution in [0.15, 0.2) is 231 Å². The maximum Gasteiger partial charge on any atom is 0.0957 e. The predicted octanol–water partition coefficient (Wildman–Crippen LogP) is 14.4. The van der Waals surface area contributed by atoms with Crippen LogP contribution < -0.4 is 10.6 Å². The van der Waals surface area contributed by atoms with Crippen LogP contribution in [0.1, 0.15) is 6.92 Å². The van der Waals surface area contributed by atoms with Gasteiger partial charge >= 0.3 is 0 Å². The summed E-state index contributed by atoms with van der Waals surface area (Å²) in [6.07, 6.45) is 10.2. The second kappa shape index (κ2) is 16.7. The highest BCUT2D eigenvalue weighted by atomic mass is 15.0. The molecule has 0 amide bonds. The van der Waals surface area contributed by atoms with Crippen molar-refractivity contribution in [2.24, 2.45) is 0 Å². The minimum absolute atomic E-state index is 0.896. The number of para-hydroxylation sites is 3. The summed E-state index contributed by atoms with van der Waals surface area (Å²) in [5.41, 5.74) is 18.0. The van der Waals surface area contributed by atoms with Gasteiger partial charge in [-0.15, -0.1) is 0 Å². The first-order valence-electron chi connectivity index (χ1n) is 23.6. The van der Waals surface area contributed by atoms with Gasteiger partial charge in [-0.25, -0.2) is 4.98 Å². The molecule has 7 aromatic carbocycles. The number of pyridine rings is 3. The highest BCUT2D eigenvalue weighted by molar-refractivity contribution is 6.12. The second-order valence-electron chi connectivity index (χ2n) is 17.8. The van der Waals surface area contributed by atoms with Gasteiger partial charge in [-0.3, -0.25) is 9.97 Å².